The van der Waals surface area contributed by atoms with Gasteiger partial charge in [-0.3, -0.25) is 19.0 Å². The molecule has 30 heavy (non-hydrogen) atoms. The van der Waals surface area contributed by atoms with E-state index in [9.17, 15) is 14.4 Å². The highest BCUT2D eigenvalue weighted by Gasteiger charge is 2.13. The van der Waals surface area contributed by atoms with Crippen LogP contribution >= 0.6 is 27.5 Å². The first-order chi connectivity index (χ1) is 14.2. The third kappa shape index (κ3) is 5.25. The van der Waals surface area contributed by atoms with Gasteiger partial charge in [0.15, 0.2) is 0 Å². The molecule has 2 aromatic carbocycles. The quantitative estimate of drug-likeness (QED) is 0.545. The minimum Gasteiger partial charge on any atom is -0.350 e. The fraction of sp³-hybridized carbons (Fsp3) is 0.238. The van der Waals surface area contributed by atoms with E-state index < -0.39 is 0 Å². The van der Waals surface area contributed by atoms with Crippen molar-refractivity contribution in [3.8, 4) is 0 Å². The van der Waals surface area contributed by atoms with Crippen LogP contribution in [0.2, 0.25) is 5.02 Å². The molecule has 2 amide bonds. The lowest BCUT2D eigenvalue weighted by atomic mass is 10.1. The van der Waals surface area contributed by atoms with Crippen molar-refractivity contribution in [3.63, 3.8) is 0 Å². The zero-order valence-corrected chi connectivity index (χ0v) is 18.8. The maximum absolute atomic E-state index is 12.6. The van der Waals surface area contributed by atoms with Crippen molar-refractivity contribution in [1.29, 1.82) is 0 Å². The lowest BCUT2D eigenvalue weighted by Crippen LogP contribution is -2.30. The molecule has 0 unspecified atom stereocenters. The summed E-state index contributed by atoms with van der Waals surface area (Å²) in [5.74, 6) is -0.586. The fourth-order valence-corrected chi connectivity index (χ4v) is 3.36. The minimum atomic E-state index is -0.334. The summed E-state index contributed by atoms with van der Waals surface area (Å²) in [7, 11) is 0. The van der Waals surface area contributed by atoms with Gasteiger partial charge in [0.25, 0.3) is 11.5 Å². The maximum Gasteiger partial charge on any atom is 0.261 e. The van der Waals surface area contributed by atoms with Crippen LogP contribution in [-0.2, 0) is 11.3 Å². The highest BCUT2D eigenvalue weighted by Crippen LogP contribution is 2.23. The Morgan fingerprint density at radius 3 is 2.70 bits per heavy atom. The SMILES string of the molecule is CC(C)NC(=O)c1ccc(Cl)c(NC(=O)CCn2cnc3ccc(Br)cc3c2=O)c1. The molecule has 156 valence electrons. The van der Waals surface area contributed by atoms with E-state index in [4.69, 9.17) is 11.6 Å². The largest absolute Gasteiger partial charge is 0.350 e. The molecular weight excluding hydrogens is 472 g/mol. The second-order valence-corrected chi connectivity index (χ2v) is 8.35. The first kappa shape index (κ1) is 22.0. The smallest absolute Gasteiger partial charge is 0.261 e. The van der Waals surface area contributed by atoms with E-state index in [2.05, 4.69) is 31.5 Å². The van der Waals surface area contributed by atoms with Crippen LogP contribution in [0.25, 0.3) is 10.9 Å². The zero-order chi connectivity index (χ0) is 21.8. The van der Waals surface area contributed by atoms with Gasteiger partial charge in [-0.15, -0.1) is 0 Å². The van der Waals surface area contributed by atoms with Gasteiger partial charge in [0, 0.05) is 29.0 Å². The molecule has 7 nitrogen and oxygen atoms in total. The Labute approximate surface area is 186 Å². The molecule has 1 heterocycles. The lowest BCUT2D eigenvalue weighted by Gasteiger charge is -2.12. The van der Waals surface area contributed by atoms with Gasteiger partial charge in [-0.25, -0.2) is 4.98 Å². The molecule has 0 spiro atoms. The van der Waals surface area contributed by atoms with E-state index in [1.165, 1.54) is 17.0 Å². The molecule has 3 aromatic rings. The summed E-state index contributed by atoms with van der Waals surface area (Å²) in [4.78, 5) is 41.5. The van der Waals surface area contributed by atoms with E-state index in [0.717, 1.165) is 4.47 Å². The average Bonchev–Trinajstić information content (AvgIpc) is 2.69. The Kier molecular flexibility index (Phi) is 6.89. The summed E-state index contributed by atoms with van der Waals surface area (Å²) in [5.41, 5.74) is 1.10. The molecule has 3 rings (SSSR count). The monoisotopic (exact) mass is 490 g/mol. The Morgan fingerprint density at radius 1 is 1.20 bits per heavy atom. The van der Waals surface area contributed by atoms with Crippen LogP contribution in [-0.4, -0.2) is 27.4 Å². The van der Waals surface area contributed by atoms with Crippen LogP contribution in [0, 0.1) is 0 Å². The minimum absolute atomic E-state index is 0.0132. The molecule has 0 aliphatic rings. The molecule has 0 saturated carbocycles. The molecule has 0 aliphatic heterocycles. The van der Waals surface area contributed by atoms with Gasteiger partial charge in [-0.05, 0) is 50.2 Å². The van der Waals surface area contributed by atoms with Gasteiger partial charge in [0.05, 0.1) is 27.9 Å². The molecule has 0 radical (unpaired) electrons. The molecule has 0 fully saturated rings. The number of nitrogens with zero attached hydrogens (tertiary/aromatic N) is 2. The summed E-state index contributed by atoms with van der Waals surface area (Å²) >= 11 is 9.50. The van der Waals surface area contributed by atoms with Crippen LogP contribution in [0.15, 0.2) is 52.0 Å². The Hall–Kier alpha value is -2.71. The van der Waals surface area contributed by atoms with Crippen molar-refractivity contribution in [3.05, 3.63) is 68.1 Å². The van der Waals surface area contributed by atoms with Crippen LogP contribution < -0.4 is 16.2 Å². The molecule has 0 atom stereocenters. The predicted molar refractivity (Wildman–Crippen MR) is 121 cm³/mol. The first-order valence-corrected chi connectivity index (χ1v) is 10.5. The number of fused-ring (bicyclic) bond motifs is 1. The van der Waals surface area contributed by atoms with Gasteiger partial charge in [0.2, 0.25) is 5.91 Å². The van der Waals surface area contributed by atoms with Crippen molar-refractivity contribution in [2.24, 2.45) is 0 Å². The van der Waals surface area contributed by atoms with Gasteiger partial charge < -0.3 is 10.6 Å². The Bertz CT molecular complexity index is 1180. The maximum atomic E-state index is 12.6. The number of benzene rings is 2. The van der Waals surface area contributed by atoms with Crippen molar-refractivity contribution in [2.75, 3.05) is 5.32 Å². The van der Waals surface area contributed by atoms with Crippen LogP contribution in [0.1, 0.15) is 30.6 Å². The van der Waals surface area contributed by atoms with E-state index in [1.54, 1.807) is 24.3 Å². The lowest BCUT2D eigenvalue weighted by molar-refractivity contribution is -0.116. The molecule has 9 heteroatoms. The summed E-state index contributed by atoms with van der Waals surface area (Å²) in [5, 5.41) is 6.28. The van der Waals surface area contributed by atoms with E-state index in [0.29, 0.717) is 27.2 Å². The highest BCUT2D eigenvalue weighted by atomic mass is 79.9. The number of nitrogens with one attached hydrogen (secondary N) is 2. The number of hydrogen-bond donors (Lipinski definition) is 2. The third-order valence-corrected chi connectivity index (χ3v) is 5.11. The highest BCUT2D eigenvalue weighted by molar-refractivity contribution is 9.10. The van der Waals surface area contributed by atoms with Gasteiger partial charge >= 0.3 is 0 Å². The number of carbonyl (C=O) groups excluding carboxylic acids is 2. The molecule has 0 bridgehead atoms. The van der Waals surface area contributed by atoms with E-state index >= 15 is 0 Å². The van der Waals surface area contributed by atoms with Crippen molar-refractivity contribution >= 4 is 55.9 Å². The molecular formula is C21H20BrClN4O3. The zero-order valence-electron chi connectivity index (χ0n) is 16.4. The summed E-state index contributed by atoms with van der Waals surface area (Å²) in [6.07, 6.45) is 1.47. The topological polar surface area (TPSA) is 93.1 Å². The van der Waals surface area contributed by atoms with E-state index in [1.807, 2.05) is 19.9 Å². The number of rotatable bonds is 6. The Morgan fingerprint density at radius 2 is 1.97 bits per heavy atom. The first-order valence-electron chi connectivity index (χ1n) is 9.29. The second-order valence-electron chi connectivity index (χ2n) is 7.03. The molecule has 0 saturated heterocycles. The van der Waals surface area contributed by atoms with Crippen LogP contribution in [0.5, 0.6) is 0 Å². The summed E-state index contributed by atoms with van der Waals surface area (Å²) in [6, 6.07) is 9.93. The molecule has 0 aliphatic carbocycles. The number of aryl methyl sites for hydroxylation is 1. The standard InChI is InChI=1S/C21H20BrClN4O3/c1-12(2)25-20(29)13-3-5-16(23)18(9-13)26-19(28)7-8-27-11-24-17-6-4-14(22)10-15(17)21(27)30/h3-6,9-12H,7-8H2,1-2H3,(H,25,29)(H,26,28). The fourth-order valence-electron chi connectivity index (χ4n) is 2.83. The van der Waals surface area contributed by atoms with Gasteiger partial charge in [0.1, 0.15) is 0 Å². The third-order valence-electron chi connectivity index (χ3n) is 4.29. The van der Waals surface area contributed by atoms with E-state index in [-0.39, 0.29) is 36.4 Å². The van der Waals surface area contributed by atoms with Gasteiger partial charge in [-0.2, -0.15) is 0 Å². The molecule has 1 aromatic heterocycles. The van der Waals surface area contributed by atoms with Crippen LogP contribution in [0.3, 0.4) is 0 Å². The normalized spacial score (nSPS) is 11.0. The number of hydrogen-bond acceptors (Lipinski definition) is 4. The summed E-state index contributed by atoms with van der Waals surface area (Å²) < 4.78 is 2.17. The predicted octanol–water partition coefficient (Wildman–Crippen LogP) is 3.98. The van der Waals surface area contributed by atoms with Gasteiger partial charge in [-0.1, -0.05) is 27.5 Å². The number of carbonyl (C=O) groups is 2. The van der Waals surface area contributed by atoms with Crippen molar-refractivity contribution in [1.82, 2.24) is 14.9 Å². The average molecular weight is 492 g/mol. The van der Waals surface area contributed by atoms with Crippen molar-refractivity contribution in [2.45, 2.75) is 32.9 Å². The number of anilines is 1. The second kappa shape index (κ2) is 9.40. The van der Waals surface area contributed by atoms with Crippen LogP contribution in [0.4, 0.5) is 5.69 Å². The number of aromatic nitrogens is 2. The Balaban J connectivity index is 1.71. The number of halogens is 2. The van der Waals surface area contributed by atoms with Crippen molar-refractivity contribution < 1.29 is 9.59 Å². The number of amides is 2. The molecule has 2 N–H and O–H groups in total. The summed E-state index contributed by atoms with van der Waals surface area (Å²) in [6.45, 7) is 3.88.